The molecule has 1 aromatic rings. The second-order valence-corrected chi connectivity index (χ2v) is 7.38. The summed E-state index contributed by atoms with van der Waals surface area (Å²) in [5.41, 5.74) is -0.209. The van der Waals surface area contributed by atoms with Crippen LogP contribution in [-0.2, 0) is 5.41 Å². The number of hydrogen-bond donors (Lipinski definition) is 2. The molecule has 0 saturated carbocycles. The number of aromatic nitrogens is 3. The summed E-state index contributed by atoms with van der Waals surface area (Å²) < 4.78 is 1.36. The molecular weight excluding hydrogens is 320 g/mol. The average molecular weight is 345 g/mol. The highest BCUT2D eigenvalue weighted by Gasteiger charge is 2.25. The Kier molecular flexibility index (Phi) is 6.61. The molecule has 0 aliphatic rings. The largest absolute Gasteiger partial charge is 0.366 e. The van der Waals surface area contributed by atoms with Crippen molar-refractivity contribution in [1.82, 2.24) is 30.3 Å². The average Bonchev–Trinajstić information content (AvgIpc) is 2.86. The minimum Gasteiger partial charge on any atom is -0.366 e. The van der Waals surface area contributed by atoms with Crippen molar-refractivity contribution in [2.45, 2.75) is 31.3 Å². The van der Waals surface area contributed by atoms with Gasteiger partial charge in [-0.1, -0.05) is 32.5 Å². The maximum Gasteiger partial charge on any atom is 0.346 e. The fourth-order valence-electron chi connectivity index (χ4n) is 1.42. The summed E-state index contributed by atoms with van der Waals surface area (Å²) in [4.78, 5) is 18.2. The maximum atomic E-state index is 12.2. The minimum atomic E-state index is -0.209. The van der Waals surface area contributed by atoms with Gasteiger partial charge in [0.2, 0.25) is 0 Å². The van der Waals surface area contributed by atoms with Gasteiger partial charge in [0.25, 0.3) is 0 Å². The molecule has 2 N–H and O–H groups in total. The van der Waals surface area contributed by atoms with Crippen LogP contribution in [0.15, 0.2) is 5.16 Å². The molecule has 22 heavy (non-hydrogen) atoms. The van der Waals surface area contributed by atoms with E-state index in [1.54, 1.807) is 21.1 Å². The molecule has 0 aliphatic carbocycles. The van der Waals surface area contributed by atoms with Crippen LogP contribution >= 0.6 is 24.0 Å². The molecule has 1 amide bonds. The molecule has 124 valence electrons. The van der Waals surface area contributed by atoms with E-state index >= 15 is 0 Å². The normalized spacial score (nSPS) is 11.2. The number of carbonyl (C=O) groups is 1. The topological polar surface area (TPSA) is 75.1 Å². The first-order valence-electron chi connectivity index (χ1n) is 6.94. The summed E-state index contributed by atoms with van der Waals surface area (Å²) in [6, 6.07) is -0.204. The van der Waals surface area contributed by atoms with Gasteiger partial charge in [-0.3, -0.25) is 0 Å². The number of amides is 1. The van der Waals surface area contributed by atoms with E-state index in [4.69, 9.17) is 12.2 Å². The van der Waals surface area contributed by atoms with E-state index in [9.17, 15) is 4.79 Å². The van der Waals surface area contributed by atoms with Crippen molar-refractivity contribution in [1.29, 1.82) is 0 Å². The monoisotopic (exact) mass is 344 g/mol. The van der Waals surface area contributed by atoms with Crippen LogP contribution in [-0.4, -0.2) is 64.2 Å². The van der Waals surface area contributed by atoms with Gasteiger partial charge in [-0.15, -0.1) is 5.10 Å². The highest BCUT2D eigenvalue weighted by Crippen LogP contribution is 2.23. The van der Waals surface area contributed by atoms with Crippen molar-refractivity contribution in [2.75, 3.05) is 33.4 Å². The Balaban J connectivity index is 2.85. The lowest BCUT2D eigenvalue weighted by molar-refractivity contribution is 0.213. The van der Waals surface area contributed by atoms with Gasteiger partial charge in [-0.05, 0) is 12.2 Å². The first-order chi connectivity index (χ1) is 10.2. The minimum absolute atomic E-state index is 0.204. The second kappa shape index (κ2) is 7.77. The lowest BCUT2D eigenvalue weighted by Crippen LogP contribution is -2.34. The van der Waals surface area contributed by atoms with Gasteiger partial charge in [-0.25, -0.2) is 9.78 Å². The Bertz CT molecular complexity index is 535. The van der Waals surface area contributed by atoms with Crippen LogP contribution < -0.4 is 10.6 Å². The standard InChI is InChI=1S/C13H24N6OS2/c1-13(2,3)9-16-11(19(17-9)12(20)18(5)6)22-8-7-15-10(21)14-4/h7-8H2,1-6H3,(H2,14,15,21). The third-order valence-corrected chi connectivity index (χ3v) is 3.94. The zero-order chi connectivity index (χ0) is 16.9. The highest BCUT2D eigenvalue weighted by molar-refractivity contribution is 7.99. The predicted molar refractivity (Wildman–Crippen MR) is 93.6 cm³/mol. The van der Waals surface area contributed by atoms with E-state index in [-0.39, 0.29) is 11.4 Å². The molecule has 0 aliphatic heterocycles. The van der Waals surface area contributed by atoms with Gasteiger partial charge in [0, 0.05) is 38.9 Å². The van der Waals surface area contributed by atoms with Crippen molar-refractivity contribution < 1.29 is 4.79 Å². The lowest BCUT2D eigenvalue weighted by Gasteiger charge is -2.13. The molecule has 0 aromatic carbocycles. The van der Waals surface area contributed by atoms with Crippen molar-refractivity contribution >= 4 is 35.1 Å². The second-order valence-electron chi connectivity index (χ2n) is 5.91. The number of thioether (sulfide) groups is 1. The summed E-state index contributed by atoms with van der Waals surface area (Å²) in [5, 5.41) is 11.5. The van der Waals surface area contributed by atoms with Crippen LogP contribution in [0.1, 0.15) is 26.6 Å². The quantitative estimate of drug-likeness (QED) is 0.484. The molecule has 1 heterocycles. The molecule has 0 unspecified atom stereocenters. The Hall–Kier alpha value is -1.35. The molecule has 7 nitrogen and oxygen atoms in total. The summed E-state index contributed by atoms with van der Waals surface area (Å²) in [6.45, 7) is 6.74. The van der Waals surface area contributed by atoms with Gasteiger partial charge in [0.1, 0.15) is 0 Å². The summed E-state index contributed by atoms with van der Waals surface area (Å²) in [7, 11) is 5.16. The number of carbonyl (C=O) groups excluding carboxylic acids is 1. The number of nitrogens with zero attached hydrogens (tertiary/aromatic N) is 4. The number of nitrogens with one attached hydrogen (secondary N) is 2. The van der Waals surface area contributed by atoms with Crippen LogP contribution in [0.25, 0.3) is 0 Å². The number of thiocarbonyl (C=S) groups is 1. The van der Waals surface area contributed by atoms with E-state index in [2.05, 4.69) is 20.7 Å². The van der Waals surface area contributed by atoms with Crippen molar-refractivity contribution in [2.24, 2.45) is 0 Å². The molecule has 1 aromatic heterocycles. The molecule has 0 spiro atoms. The molecule has 1 rings (SSSR count). The Labute approximate surface area is 141 Å². The van der Waals surface area contributed by atoms with Gasteiger partial charge < -0.3 is 15.5 Å². The molecule has 0 atom stereocenters. The van der Waals surface area contributed by atoms with Crippen LogP contribution in [0.3, 0.4) is 0 Å². The zero-order valence-corrected chi connectivity index (χ0v) is 15.6. The fraction of sp³-hybridized carbons (Fsp3) is 0.692. The Morgan fingerprint density at radius 3 is 2.55 bits per heavy atom. The first kappa shape index (κ1) is 18.7. The first-order valence-corrected chi connectivity index (χ1v) is 8.33. The summed E-state index contributed by atoms with van der Waals surface area (Å²) in [5.74, 6) is 1.38. The molecule has 0 bridgehead atoms. The van der Waals surface area contributed by atoms with Crippen LogP contribution in [0, 0.1) is 0 Å². The van der Waals surface area contributed by atoms with E-state index in [0.717, 1.165) is 5.75 Å². The molecule has 9 heteroatoms. The van der Waals surface area contributed by atoms with Crippen LogP contribution in [0.5, 0.6) is 0 Å². The third kappa shape index (κ3) is 5.13. The molecular formula is C13H24N6OS2. The fourth-order valence-corrected chi connectivity index (χ4v) is 2.30. The van der Waals surface area contributed by atoms with Crippen LogP contribution in [0.2, 0.25) is 0 Å². The maximum absolute atomic E-state index is 12.2. The van der Waals surface area contributed by atoms with E-state index < -0.39 is 0 Å². The van der Waals surface area contributed by atoms with E-state index in [0.29, 0.717) is 22.6 Å². The van der Waals surface area contributed by atoms with Crippen molar-refractivity contribution in [3.63, 3.8) is 0 Å². The van der Waals surface area contributed by atoms with Crippen molar-refractivity contribution in [3.05, 3.63) is 5.82 Å². The van der Waals surface area contributed by atoms with Gasteiger partial charge in [0.05, 0.1) is 0 Å². The summed E-state index contributed by atoms with van der Waals surface area (Å²) >= 11 is 6.49. The van der Waals surface area contributed by atoms with E-state index in [1.807, 2.05) is 20.8 Å². The SMILES string of the molecule is CNC(=S)NCCSc1nc(C(C)(C)C)nn1C(=O)N(C)C. The Morgan fingerprint density at radius 2 is 2.05 bits per heavy atom. The number of rotatable bonds is 4. The van der Waals surface area contributed by atoms with Gasteiger partial charge in [-0.2, -0.15) is 4.68 Å². The Morgan fingerprint density at radius 1 is 1.41 bits per heavy atom. The zero-order valence-electron chi connectivity index (χ0n) is 13.9. The highest BCUT2D eigenvalue weighted by atomic mass is 32.2. The van der Waals surface area contributed by atoms with Crippen molar-refractivity contribution in [3.8, 4) is 0 Å². The summed E-state index contributed by atoms with van der Waals surface area (Å²) in [6.07, 6.45) is 0. The van der Waals surface area contributed by atoms with E-state index in [1.165, 1.54) is 21.3 Å². The predicted octanol–water partition coefficient (Wildman–Crippen LogP) is 1.29. The molecule has 0 fully saturated rings. The smallest absolute Gasteiger partial charge is 0.346 e. The molecule has 0 saturated heterocycles. The lowest BCUT2D eigenvalue weighted by atomic mass is 9.96. The van der Waals surface area contributed by atoms with Gasteiger partial charge in [0.15, 0.2) is 16.1 Å². The third-order valence-electron chi connectivity index (χ3n) is 2.66. The molecule has 0 radical (unpaired) electrons. The number of hydrogen-bond acceptors (Lipinski definition) is 5. The van der Waals surface area contributed by atoms with Gasteiger partial charge >= 0.3 is 6.03 Å². The van der Waals surface area contributed by atoms with Crippen LogP contribution in [0.4, 0.5) is 4.79 Å².